The van der Waals surface area contributed by atoms with Crippen molar-refractivity contribution in [3.63, 3.8) is 0 Å². The van der Waals surface area contributed by atoms with Crippen LogP contribution in [0.2, 0.25) is 0 Å². The van der Waals surface area contributed by atoms with Gasteiger partial charge in [0.2, 0.25) is 11.7 Å². The second-order valence-electron chi connectivity index (χ2n) is 6.26. The van der Waals surface area contributed by atoms with Crippen molar-refractivity contribution in [2.24, 2.45) is 11.8 Å². The van der Waals surface area contributed by atoms with E-state index in [9.17, 15) is 0 Å². The largest absolute Gasteiger partial charge is 0.383 e. The molecule has 3 atom stereocenters. The van der Waals surface area contributed by atoms with E-state index in [1.807, 2.05) is 0 Å². The minimum atomic E-state index is 0.327. The lowest BCUT2D eigenvalue weighted by molar-refractivity contribution is 0.178. The third-order valence-electron chi connectivity index (χ3n) is 4.88. The molecular formula is C15H19N5O2. The Bertz CT molecular complexity index is 686. The zero-order valence-electron chi connectivity index (χ0n) is 12.5. The van der Waals surface area contributed by atoms with Gasteiger partial charge in [0.1, 0.15) is 12.4 Å². The summed E-state index contributed by atoms with van der Waals surface area (Å²) in [5.74, 6) is 4.06. The molecule has 7 heteroatoms. The number of ether oxygens (including phenoxy) is 1. The molecule has 0 unspecified atom stereocenters. The molecule has 2 N–H and O–H groups in total. The molecule has 2 aromatic rings. The molecule has 0 aromatic carbocycles. The van der Waals surface area contributed by atoms with E-state index in [-0.39, 0.29) is 0 Å². The minimum absolute atomic E-state index is 0.327. The van der Waals surface area contributed by atoms with E-state index in [0.29, 0.717) is 41.5 Å². The lowest BCUT2D eigenvalue weighted by Gasteiger charge is -2.16. The summed E-state index contributed by atoms with van der Waals surface area (Å²) >= 11 is 0. The maximum atomic E-state index is 5.98. The van der Waals surface area contributed by atoms with Gasteiger partial charge in [-0.25, -0.2) is 9.97 Å². The highest BCUT2D eigenvalue weighted by molar-refractivity contribution is 5.66. The number of hydrogen-bond acceptors (Lipinski definition) is 7. The standard InChI is InChI=1S/C15H19N5O2/c1-21-7-12-17-6-11(13(16)18-12)14-19-15(22-20-14)10-5-8-2-3-9(10)4-8/h6,8-10H,2-5,7H2,1H3,(H2,16,17,18)/t8-,9-,10+/m0/s1. The number of hydrogen-bond donors (Lipinski definition) is 1. The molecule has 2 aromatic heterocycles. The van der Waals surface area contributed by atoms with Crippen LogP contribution in [0.1, 0.15) is 43.3 Å². The highest BCUT2D eigenvalue weighted by atomic mass is 16.5. The predicted molar refractivity (Wildman–Crippen MR) is 78.6 cm³/mol. The van der Waals surface area contributed by atoms with Gasteiger partial charge in [0.25, 0.3) is 0 Å². The van der Waals surface area contributed by atoms with E-state index in [1.165, 1.54) is 25.7 Å². The first kappa shape index (κ1) is 13.6. The van der Waals surface area contributed by atoms with E-state index in [0.717, 1.165) is 11.8 Å². The molecule has 2 saturated carbocycles. The van der Waals surface area contributed by atoms with E-state index < -0.39 is 0 Å². The normalized spacial score (nSPS) is 26.7. The second kappa shape index (κ2) is 5.31. The molecule has 2 heterocycles. The van der Waals surface area contributed by atoms with Crippen molar-refractivity contribution in [3.05, 3.63) is 17.9 Å². The Balaban J connectivity index is 1.59. The smallest absolute Gasteiger partial charge is 0.230 e. The van der Waals surface area contributed by atoms with Crippen LogP contribution in [0.4, 0.5) is 5.82 Å². The summed E-state index contributed by atoms with van der Waals surface area (Å²) in [6.45, 7) is 0.327. The van der Waals surface area contributed by atoms with Gasteiger partial charge >= 0.3 is 0 Å². The fourth-order valence-corrected chi connectivity index (χ4v) is 3.85. The van der Waals surface area contributed by atoms with Gasteiger partial charge < -0.3 is 15.0 Å². The molecule has 22 heavy (non-hydrogen) atoms. The quantitative estimate of drug-likeness (QED) is 0.923. The molecule has 2 bridgehead atoms. The monoisotopic (exact) mass is 301 g/mol. The third kappa shape index (κ3) is 2.25. The minimum Gasteiger partial charge on any atom is -0.383 e. The first-order valence-electron chi connectivity index (χ1n) is 7.69. The number of nitrogen functional groups attached to an aromatic ring is 1. The summed E-state index contributed by atoms with van der Waals surface area (Å²) in [5.41, 5.74) is 6.59. The molecule has 2 aliphatic carbocycles. The molecule has 7 nitrogen and oxygen atoms in total. The highest BCUT2D eigenvalue weighted by Crippen LogP contribution is 2.52. The Morgan fingerprint density at radius 3 is 2.91 bits per heavy atom. The van der Waals surface area contributed by atoms with Gasteiger partial charge in [0.15, 0.2) is 5.82 Å². The fourth-order valence-electron chi connectivity index (χ4n) is 3.85. The summed E-state index contributed by atoms with van der Waals surface area (Å²) in [5, 5.41) is 4.07. The molecule has 0 aliphatic heterocycles. The van der Waals surface area contributed by atoms with Crippen molar-refractivity contribution < 1.29 is 9.26 Å². The van der Waals surface area contributed by atoms with Crippen LogP contribution >= 0.6 is 0 Å². The Kier molecular flexibility index (Phi) is 3.29. The van der Waals surface area contributed by atoms with E-state index in [1.54, 1.807) is 13.3 Å². The number of methoxy groups -OCH3 is 1. The molecule has 0 radical (unpaired) electrons. The number of nitrogens with zero attached hydrogens (tertiary/aromatic N) is 4. The highest BCUT2D eigenvalue weighted by Gasteiger charge is 2.43. The molecule has 0 spiro atoms. The summed E-state index contributed by atoms with van der Waals surface area (Å²) in [6, 6.07) is 0. The maximum absolute atomic E-state index is 5.98. The van der Waals surface area contributed by atoms with Crippen LogP contribution in [0.5, 0.6) is 0 Å². The Morgan fingerprint density at radius 2 is 2.23 bits per heavy atom. The molecule has 116 valence electrons. The van der Waals surface area contributed by atoms with Crippen LogP contribution in [-0.2, 0) is 11.3 Å². The number of aromatic nitrogens is 4. The number of nitrogens with two attached hydrogens (primary N) is 1. The Labute approximate surface area is 128 Å². The second-order valence-corrected chi connectivity index (χ2v) is 6.26. The first-order valence-corrected chi connectivity index (χ1v) is 7.69. The Morgan fingerprint density at radius 1 is 1.32 bits per heavy atom. The van der Waals surface area contributed by atoms with Crippen molar-refractivity contribution in [1.29, 1.82) is 0 Å². The Hall–Kier alpha value is -2.02. The van der Waals surface area contributed by atoms with Gasteiger partial charge in [-0.05, 0) is 31.1 Å². The third-order valence-corrected chi connectivity index (χ3v) is 4.88. The zero-order chi connectivity index (χ0) is 15.1. The lowest BCUT2D eigenvalue weighted by atomic mass is 9.89. The average molecular weight is 301 g/mol. The van der Waals surface area contributed by atoms with Gasteiger partial charge in [0.05, 0.1) is 5.56 Å². The van der Waals surface area contributed by atoms with Crippen LogP contribution in [0.3, 0.4) is 0 Å². The molecule has 2 aliphatic rings. The van der Waals surface area contributed by atoms with Crippen molar-refractivity contribution in [1.82, 2.24) is 20.1 Å². The van der Waals surface area contributed by atoms with Crippen LogP contribution in [0, 0.1) is 11.8 Å². The van der Waals surface area contributed by atoms with Crippen molar-refractivity contribution >= 4 is 5.82 Å². The molecule has 2 fully saturated rings. The van der Waals surface area contributed by atoms with Gasteiger partial charge in [-0.1, -0.05) is 11.6 Å². The van der Waals surface area contributed by atoms with E-state index >= 15 is 0 Å². The van der Waals surface area contributed by atoms with Crippen LogP contribution in [0.15, 0.2) is 10.7 Å². The molecule has 4 rings (SSSR count). The predicted octanol–water partition coefficient (Wildman–Crippen LogP) is 2.16. The molecular weight excluding hydrogens is 282 g/mol. The SMILES string of the molecule is COCc1ncc(-c2noc([C@@H]3C[C@H]4CC[C@H]3C4)n2)c(N)n1. The van der Waals surface area contributed by atoms with Gasteiger partial charge in [-0.15, -0.1) is 0 Å². The van der Waals surface area contributed by atoms with Gasteiger partial charge in [-0.3, -0.25) is 0 Å². The molecule has 0 saturated heterocycles. The zero-order valence-corrected chi connectivity index (χ0v) is 12.5. The van der Waals surface area contributed by atoms with Crippen molar-refractivity contribution in [2.45, 2.75) is 38.2 Å². The summed E-state index contributed by atoms with van der Waals surface area (Å²) in [6.07, 6.45) is 6.74. The fraction of sp³-hybridized carbons (Fsp3) is 0.600. The lowest BCUT2D eigenvalue weighted by Crippen LogP contribution is -2.08. The first-order chi connectivity index (χ1) is 10.7. The maximum Gasteiger partial charge on any atom is 0.230 e. The van der Waals surface area contributed by atoms with Crippen molar-refractivity contribution in [2.75, 3.05) is 12.8 Å². The summed E-state index contributed by atoms with van der Waals surface area (Å²) in [4.78, 5) is 13.0. The average Bonchev–Trinajstić information content (AvgIpc) is 3.24. The number of anilines is 1. The molecule has 0 amide bonds. The summed E-state index contributed by atoms with van der Waals surface area (Å²) < 4.78 is 10.5. The van der Waals surface area contributed by atoms with Crippen molar-refractivity contribution in [3.8, 4) is 11.4 Å². The van der Waals surface area contributed by atoms with Gasteiger partial charge in [0, 0.05) is 19.2 Å². The number of fused-ring (bicyclic) bond motifs is 2. The van der Waals surface area contributed by atoms with Crippen LogP contribution in [0.25, 0.3) is 11.4 Å². The number of rotatable bonds is 4. The topological polar surface area (TPSA) is 100.0 Å². The summed E-state index contributed by atoms with van der Waals surface area (Å²) in [7, 11) is 1.59. The van der Waals surface area contributed by atoms with Crippen LogP contribution in [-0.4, -0.2) is 27.2 Å². The van der Waals surface area contributed by atoms with Gasteiger partial charge in [-0.2, -0.15) is 4.98 Å². The van der Waals surface area contributed by atoms with E-state index in [4.69, 9.17) is 15.0 Å². The van der Waals surface area contributed by atoms with E-state index in [2.05, 4.69) is 20.1 Å². The van der Waals surface area contributed by atoms with Crippen LogP contribution < -0.4 is 5.73 Å².